The van der Waals surface area contributed by atoms with E-state index in [0.29, 0.717) is 5.75 Å². The zero-order valence-corrected chi connectivity index (χ0v) is 15.5. The number of thioether (sulfide) groups is 1. The van der Waals surface area contributed by atoms with Gasteiger partial charge >= 0.3 is 0 Å². The number of carbonyl (C=O) groups excluding carboxylic acids is 1. The maximum absolute atomic E-state index is 12.3. The normalized spacial score (nSPS) is 11.1. The van der Waals surface area contributed by atoms with Crippen molar-refractivity contribution in [1.82, 2.24) is 9.78 Å². The first-order chi connectivity index (χ1) is 10.8. The molecular weight excluding hydrogens is 306 g/mol. The van der Waals surface area contributed by atoms with Crippen molar-refractivity contribution in [3.8, 4) is 0 Å². The van der Waals surface area contributed by atoms with Crippen molar-refractivity contribution in [1.29, 1.82) is 0 Å². The molecule has 0 spiro atoms. The zero-order valence-electron chi connectivity index (χ0n) is 14.7. The first-order valence-corrected chi connectivity index (χ1v) is 8.83. The molecule has 0 fully saturated rings. The van der Waals surface area contributed by atoms with Crippen LogP contribution in [0.4, 0.5) is 5.82 Å². The maximum atomic E-state index is 12.3. The Morgan fingerprint density at radius 2 is 1.83 bits per heavy atom. The summed E-state index contributed by atoms with van der Waals surface area (Å²) in [7, 11) is 0. The van der Waals surface area contributed by atoms with E-state index < -0.39 is 0 Å². The lowest BCUT2D eigenvalue weighted by Crippen LogP contribution is -2.18. The highest BCUT2D eigenvalue weighted by Crippen LogP contribution is 2.30. The summed E-state index contributed by atoms with van der Waals surface area (Å²) < 4.78 is 1.82. The van der Waals surface area contributed by atoms with Crippen molar-refractivity contribution < 1.29 is 4.79 Å². The Balaban J connectivity index is 2.07. The smallest absolute Gasteiger partial charge is 0.235 e. The van der Waals surface area contributed by atoms with Crippen LogP contribution in [0.2, 0.25) is 0 Å². The molecule has 0 atom stereocenters. The van der Waals surface area contributed by atoms with Gasteiger partial charge in [-0.25, -0.2) is 4.68 Å². The Hall–Kier alpha value is -1.75. The lowest BCUT2D eigenvalue weighted by molar-refractivity contribution is -0.113. The van der Waals surface area contributed by atoms with Crippen LogP contribution in [0, 0.1) is 27.7 Å². The summed E-state index contributed by atoms with van der Waals surface area (Å²) in [5.41, 5.74) is 5.07. The molecule has 23 heavy (non-hydrogen) atoms. The molecule has 1 N–H and O–H groups in total. The van der Waals surface area contributed by atoms with Crippen molar-refractivity contribution in [2.24, 2.45) is 0 Å². The number of hydrogen-bond acceptors (Lipinski definition) is 3. The number of nitrogens with zero attached hydrogens (tertiary/aromatic N) is 2. The van der Waals surface area contributed by atoms with Crippen LogP contribution in [0.1, 0.15) is 42.1 Å². The monoisotopic (exact) mass is 331 g/mol. The van der Waals surface area contributed by atoms with E-state index in [2.05, 4.69) is 44.2 Å². The van der Waals surface area contributed by atoms with E-state index >= 15 is 0 Å². The molecule has 1 amide bonds. The van der Waals surface area contributed by atoms with Gasteiger partial charge in [0.2, 0.25) is 5.91 Å². The SMILES string of the molecule is Cc1cc(C)c(C)c(SCC(=O)Nc2ccnn2C(C)C)c1C. The largest absolute Gasteiger partial charge is 0.310 e. The molecule has 1 aromatic carbocycles. The Labute approximate surface area is 142 Å². The summed E-state index contributed by atoms with van der Waals surface area (Å²) in [5.74, 6) is 1.14. The fourth-order valence-corrected chi connectivity index (χ4v) is 3.64. The Morgan fingerprint density at radius 3 is 2.39 bits per heavy atom. The standard InChI is InChI=1S/C18H25N3OS/c1-11(2)21-16(7-8-19-21)20-17(22)10-23-18-14(5)12(3)9-13(4)15(18)6/h7-9,11H,10H2,1-6H3,(H,20,22). The molecule has 0 aliphatic heterocycles. The van der Waals surface area contributed by atoms with Gasteiger partial charge in [0.1, 0.15) is 5.82 Å². The molecule has 2 aromatic rings. The highest BCUT2D eigenvalue weighted by Gasteiger charge is 2.13. The van der Waals surface area contributed by atoms with Gasteiger partial charge in [0.05, 0.1) is 11.9 Å². The molecule has 5 heteroatoms. The molecule has 0 aliphatic carbocycles. The molecule has 0 saturated carbocycles. The van der Waals surface area contributed by atoms with E-state index in [1.165, 1.54) is 27.1 Å². The van der Waals surface area contributed by atoms with Crippen LogP contribution in [-0.2, 0) is 4.79 Å². The maximum Gasteiger partial charge on any atom is 0.235 e. The number of aromatic nitrogens is 2. The van der Waals surface area contributed by atoms with Crippen LogP contribution < -0.4 is 5.32 Å². The van der Waals surface area contributed by atoms with Crippen LogP contribution >= 0.6 is 11.8 Å². The molecule has 0 aliphatic rings. The second-order valence-electron chi connectivity index (χ2n) is 6.18. The van der Waals surface area contributed by atoms with Gasteiger partial charge < -0.3 is 5.32 Å². The van der Waals surface area contributed by atoms with Crippen LogP contribution in [0.5, 0.6) is 0 Å². The average molecular weight is 331 g/mol. The number of benzene rings is 1. The van der Waals surface area contributed by atoms with Crippen LogP contribution in [-0.4, -0.2) is 21.4 Å². The topological polar surface area (TPSA) is 46.9 Å². The van der Waals surface area contributed by atoms with E-state index in [9.17, 15) is 4.79 Å². The van der Waals surface area contributed by atoms with E-state index in [1.54, 1.807) is 18.0 Å². The number of aryl methyl sites for hydroxylation is 2. The van der Waals surface area contributed by atoms with Crippen LogP contribution in [0.15, 0.2) is 23.2 Å². The predicted molar refractivity (Wildman–Crippen MR) is 97.4 cm³/mol. The highest BCUT2D eigenvalue weighted by atomic mass is 32.2. The number of hydrogen-bond donors (Lipinski definition) is 1. The van der Waals surface area contributed by atoms with E-state index in [4.69, 9.17) is 0 Å². The van der Waals surface area contributed by atoms with Gasteiger partial charge in [0, 0.05) is 17.0 Å². The average Bonchev–Trinajstić information content (AvgIpc) is 2.93. The predicted octanol–water partition coefficient (Wildman–Crippen LogP) is 4.43. The van der Waals surface area contributed by atoms with Crippen LogP contribution in [0.25, 0.3) is 0 Å². The lowest BCUT2D eigenvalue weighted by atomic mass is 10.0. The Kier molecular flexibility index (Phi) is 5.52. The van der Waals surface area contributed by atoms with E-state index in [1.807, 2.05) is 24.6 Å². The summed E-state index contributed by atoms with van der Waals surface area (Å²) in [6.45, 7) is 12.6. The van der Waals surface area contributed by atoms with Gasteiger partial charge in [-0.15, -0.1) is 11.8 Å². The molecule has 4 nitrogen and oxygen atoms in total. The van der Waals surface area contributed by atoms with Crippen LogP contribution in [0.3, 0.4) is 0 Å². The summed E-state index contributed by atoms with van der Waals surface area (Å²) >= 11 is 1.60. The van der Waals surface area contributed by atoms with Gasteiger partial charge in [-0.2, -0.15) is 5.10 Å². The van der Waals surface area contributed by atoms with Crippen molar-refractivity contribution in [2.45, 2.75) is 52.5 Å². The molecule has 0 saturated heterocycles. The number of anilines is 1. The minimum atomic E-state index is -0.00430. The van der Waals surface area contributed by atoms with Gasteiger partial charge in [0.25, 0.3) is 0 Å². The van der Waals surface area contributed by atoms with E-state index in [-0.39, 0.29) is 11.9 Å². The third-order valence-corrected chi connectivity index (χ3v) is 5.38. The number of rotatable bonds is 5. The molecule has 0 radical (unpaired) electrons. The minimum absolute atomic E-state index is 0.00430. The summed E-state index contributed by atoms with van der Waals surface area (Å²) in [6.07, 6.45) is 1.71. The summed E-state index contributed by atoms with van der Waals surface area (Å²) in [4.78, 5) is 13.5. The van der Waals surface area contributed by atoms with Crippen molar-refractivity contribution in [3.63, 3.8) is 0 Å². The van der Waals surface area contributed by atoms with Gasteiger partial charge in [-0.1, -0.05) is 6.07 Å². The summed E-state index contributed by atoms with van der Waals surface area (Å²) in [6, 6.07) is 4.25. The van der Waals surface area contributed by atoms with Crippen molar-refractivity contribution >= 4 is 23.5 Å². The first-order valence-electron chi connectivity index (χ1n) is 7.84. The third-order valence-electron chi connectivity index (χ3n) is 4.07. The van der Waals surface area contributed by atoms with Crippen molar-refractivity contribution in [3.05, 3.63) is 40.6 Å². The fraction of sp³-hybridized carbons (Fsp3) is 0.444. The van der Waals surface area contributed by atoms with Gasteiger partial charge in [0.15, 0.2) is 0 Å². The number of amides is 1. The highest BCUT2D eigenvalue weighted by molar-refractivity contribution is 8.00. The Morgan fingerprint density at radius 1 is 1.22 bits per heavy atom. The number of nitrogens with one attached hydrogen (secondary N) is 1. The van der Waals surface area contributed by atoms with Crippen molar-refractivity contribution in [2.75, 3.05) is 11.1 Å². The Bertz CT molecular complexity index is 693. The molecule has 124 valence electrons. The van der Waals surface area contributed by atoms with Gasteiger partial charge in [-0.3, -0.25) is 4.79 Å². The lowest BCUT2D eigenvalue weighted by Gasteiger charge is -2.15. The molecule has 0 bridgehead atoms. The van der Waals surface area contributed by atoms with E-state index in [0.717, 1.165) is 5.82 Å². The molecular formula is C18H25N3OS. The first kappa shape index (κ1) is 17.6. The molecule has 2 rings (SSSR count). The molecule has 0 unspecified atom stereocenters. The second kappa shape index (κ2) is 7.21. The fourth-order valence-electron chi connectivity index (χ4n) is 2.54. The molecule has 1 aromatic heterocycles. The summed E-state index contributed by atoms with van der Waals surface area (Å²) in [5, 5.41) is 7.18. The van der Waals surface area contributed by atoms with Gasteiger partial charge in [-0.05, 0) is 63.8 Å². The zero-order chi connectivity index (χ0) is 17.1. The second-order valence-corrected chi connectivity index (χ2v) is 7.17. The number of carbonyl (C=O) groups is 1. The molecule has 1 heterocycles. The minimum Gasteiger partial charge on any atom is -0.310 e. The third kappa shape index (κ3) is 3.96. The quantitative estimate of drug-likeness (QED) is 0.825.